The van der Waals surface area contributed by atoms with Gasteiger partial charge >= 0.3 is 5.97 Å². The maximum absolute atomic E-state index is 11.2. The predicted molar refractivity (Wildman–Crippen MR) is 61.9 cm³/mol. The second-order valence-electron chi connectivity index (χ2n) is 4.99. The average Bonchev–Trinajstić information content (AvgIpc) is 2.17. The Morgan fingerprint density at radius 2 is 2.13 bits per heavy atom. The molecule has 0 unspecified atom stereocenters. The second-order valence-corrected chi connectivity index (χ2v) is 5.26. The van der Waals surface area contributed by atoms with Gasteiger partial charge in [-0.1, -0.05) is 27.2 Å². The molecule has 15 heavy (non-hydrogen) atoms. The highest BCUT2D eigenvalue weighted by molar-refractivity contribution is 6.26. The van der Waals surface area contributed by atoms with Gasteiger partial charge in [-0.05, 0) is 30.6 Å². The van der Waals surface area contributed by atoms with Crippen molar-refractivity contribution in [2.45, 2.75) is 46.1 Å². The molecule has 2 nitrogen and oxygen atoms in total. The monoisotopic (exact) mass is 232 g/mol. The minimum atomic E-state index is -0.276. The fourth-order valence-electron chi connectivity index (χ4n) is 2.45. The van der Waals surface area contributed by atoms with Gasteiger partial charge in [0.1, 0.15) is 12.0 Å². The molecule has 0 aromatic heterocycles. The van der Waals surface area contributed by atoms with Crippen LogP contribution in [0, 0.1) is 17.8 Å². The number of hydrogen-bond donors (Lipinski definition) is 0. The molecule has 0 saturated heterocycles. The summed E-state index contributed by atoms with van der Waals surface area (Å²) in [5.41, 5.74) is 0. The summed E-state index contributed by atoms with van der Waals surface area (Å²) in [7, 11) is 0. The van der Waals surface area contributed by atoms with Gasteiger partial charge in [0.05, 0.1) is 0 Å². The summed E-state index contributed by atoms with van der Waals surface area (Å²) in [5.74, 6) is 1.43. The van der Waals surface area contributed by atoms with Crippen LogP contribution in [0.2, 0.25) is 0 Å². The van der Waals surface area contributed by atoms with Crippen molar-refractivity contribution in [3.8, 4) is 0 Å². The van der Waals surface area contributed by atoms with Crippen LogP contribution in [0.25, 0.3) is 0 Å². The van der Waals surface area contributed by atoms with E-state index < -0.39 is 0 Å². The molecule has 1 aliphatic carbocycles. The molecule has 3 atom stereocenters. The molecule has 0 aromatic carbocycles. The number of rotatable bonds is 3. The lowest BCUT2D eigenvalue weighted by Gasteiger charge is -2.36. The fraction of sp³-hybridized carbons (Fsp3) is 0.917. The number of halogens is 1. The van der Waals surface area contributed by atoms with E-state index in [1.807, 2.05) is 0 Å². The molecule has 1 rings (SSSR count). The number of esters is 1. The van der Waals surface area contributed by atoms with Crippen LogP contribution < -0.4 is 0 Å². The van der Waals surface area contributed by atoms with Crippen molar-refractivity contribution in [1.29, 1.82) is 0 Å². The van der Waals surface area contributed by atoms with Crippen LogP contribution in [-0.2, 0) is 9.53 Å². The van der Waals surface area contributed by atoms with Gasteiger partial charge in [-0.3, -0.25) is 4.79 Å². The van der Waals surface area contributed by atoms with Crippen LogP contribution >= 0.6 is 11.6 Å². The first kappa shape index (κ1) is 12.8. The number of hydrogen-bond acceptors (Lipinski definition) is 2. The number of carbonyl (C=O) groups excluding carboxylic acids is 1. The van der Waals surface area contributed by atoms with E-state index in [9.17, 15) is 4.79 Å². The van der Waals surface area contributed by atoms with E-state index in [0.29, 0.717) is 17.8 Å². The third-order valence-electron chi connectivity index (χ3n) is 3.35. The quantitative estimate of drug-likeness (QED) is 0.552. The highest BCUT2D eigenvalue weighted by atomic mass is 35.5. The third kappa shape index (κ3) is 3.67. The summed E-state index contributed by atoms with van der Waals surface area (Å²) < 4.78 is 5.41. The van der Waals surface area contributed by atoms with Gasteiger partial charge in [-0.15, -0.1) is 11.6 Å². The number of alkyl halides is 1. The van der Waals surface area contributed by atoms with E-state index in [2.05, 4.69) is 20.8 Å². The standard InChI is InChI=1S/C12H21ClO2/c1-8(2)10-5-4-9(3)6-11(10)15-12(14)7-13/h8-11H,4-7H2,1-3H3/t9-,10+,11+/m1/s1. The van der Waals surface area contributed by atoms with Crippen LogP contribution in [-0.4, -0.2) is 18.0 Å². The Bertz CT molecular complexity index is 216. The van der Waals surface area contributed by atoms with E-state index in [1.165, 1.54) is 12.8 Å². The van der Waals surface area contributed by atoms with Crippen molar-refractivity contribution in [3.05, 3.63) is 0 Å². The molecule has 0 bridgehead atoms. The molecular weight excluding hydrogens is 212 g/mol. The third-order valence-corrected chi connectivity index (χ3v) is 3.57. The zero-order valence-electron chi connectivity index (χ0n) is 9.83. The van der Waals surface area contributed by atoms with Gasteiger partial charge in [-0.2, -0.15) is 0 Å². The summed E-state index contributed by atoms with van der Waals surface area (Å²) in [6.07, 6.45) is 3.49. The normalized spacial score (nSPS) is 31.7. The molecular formula is C12H21ClO2. The van der Waals surface area contributed by atoms with Crippen molar-refractivity contribution in [2.75, 3.05) is 5.88 Å². The molecule has 1 saturated carbocycles. The van der Waals surface area contributed by atoms with Gasteiger partial charge < -0.3 is 4.74 Å². The maximum atomic E-state index is 11.2. The molecule has 3 heteroatoms. The first-order chi connectivity index (χ1) is 7.04. The second kappa shape index (κ2) is 5.74. The van der Waals surface area contributed by atoms with Gasteiger partial charge in [-0.25, -0.2) is 0 Å². The Morgan fingerprint density at radius 1 is 1.47 bits per heavy atom. The number of carbonyl (C=O) groups is 1. The van der Waals surface area contributed by atoms with Gasteiger partial charge in [0.15, 0.2) is 0 Å². The summed E-state index contributed by atoms with van der Waals surface area (Å²) in [6, 6.07) is 0. The van der Waals surface area contributed by atoms with Gasteiger partial charge in [0.25, 0.3) is 0 Å². The van der Waals surface area contributed by atoms with E-state index in [-0.39, 0.29) is 18.0 Å². The molecule has 0 N–H and O–H groups in total. The van der Waals surface area contributed by atoms with Crippen molar-refractivity contribution in [1.82, 2.24) is 0 Å². The van der Waals surface area contributed by atoms with Crippen LogP contribution in [0.1, 0.15) is 40.0 Å². The van der Waals surface area contributed by atoms with Gasteiger partial charge in [0, 0.05) is 0 Å². The molecule has 1 fully saturated rings. The minimum Gasteiger partial charge on any atom is -0.461 e. The molecule has 0 amide bonds. The van der Waals surface area contributed by atoms with Gasteiger partial charge in [0.2, 0.25) is 0 Å². The van der Waals surface area contributed by atoms with E-state index >= 15 is 0 Å². The zero-order chi connectivity index (χ0) is 11.4. The largest absolute Gasteiger partial charge is 0.461 e. The molecule has 1 aliphatic rings. The van der Waals surface area contributed by atoms with Crippen molar-refractivity contribution in [3.63, 3.8) is 0 Å². The Morgan fingerprint density at radius 3 is 2.67 bits per heavy atom. The molecule has 0 aliphatic heterocycles. The summed E-state index contributed by atoms with van der Waals surface area (Å²) >= 11 is 5.46. The van der Waals surface area contributed by atoms with Crippen molar-refractivity contribution < 1.29 is 9.53 Å². The van der Waals surface area contributed by atoms with Crippen LogP contribution in [0.4, 0.5) is 0 Å². The molecule has 0 aromatic rings. The van der Waals surface area contributed by atoms with E-state index in [1.54, 1.807) is 0 Å². The summed E-state index contributed by atoms with van der Waals surface area (Å²) in [6.45, 7) is 6.61. The number of ether oxygens (including phenoxy) is 1. The predicted octanol–water partition coefficient (Wildman–Crippen LogP) is 3.23. The molecule has 0 spiro atoms. The topological polar surface area (TPSA) is 26.3 Å². The lowest BCUT2D eigenvalue weighted by Crippen LogP contribution is -2.36. The molecule has 88 valence electrons. The zero-order valence-corrected chi connectivity index (χ0v) is 10.6. The smallest absolute Gasteiger partial charge is 0.321 e. The average molecular weight is 233 g/mol. The Labute approximate surface area is 97.3 Å². The fourth-order valence-corrected chi connectivity index (χ4v) is 2.51. The van der Waals surface area contributed by atoms with Crippen molar-refractivity contribution >= 4 is 17.6 Å². The first-order valence-corrected chi connectivity index (χ1v) is 6.33. The SMILES string of the molecule is CC(C)[C@@H]1CC[C@@H](C)C[C@@H]1OC(=O)CCl. The summed E-state index contributed by atoms with van der Waals surface area (Å²) in [4.78, 5) is 11.2. The molecule has 0 heterocycles. The molecule has 0 radical (unpaired) electrons. The minimum absolute atomic E-state index is 0.0320. The van der Waals surface area contributed by atoms with Crippen LogP contribution in [0.15, 0.2) is 0 Å². The lowest BCUT2D eigenvalue weighted by molar-refractivity contribution is -0.152. The lowest BCUT2D eigenvalue weighted by atomic mass is 9.75. The first-order valence-electron chi connectivity index (χ1n) is 5.80. The summed E-state index contributed by atoms with van der Waals surface area (Å²) in [5, 5.41) is 0. The Kier molecular flexibility index (Phi) is 4.91. The Balaban J connectivity index is 2.57. The highest BCUT2D eigenvalue weighted by Gasteiger charge is 2.33. The highest BCUT2D eigenvalue weighted by Crippen LogP contribution is 2.35. The van der Waals surface area contributed by atoms with Crippen molar-refractivity contribution in [2.24, 2.45) is 17.8 Å². The maximum Gasteiger partial charge on any atom is 0.321 e. The van der Waals surface area contributed by atoms with E-state index in [4.69, 9.17) is 16.3 Å². The van der Waals surface area contributed by atoms with Crippen LogP contribution in [0.5, 0.6) is 0 Å². The van der Waals surface area contributed by atoms with E-state index in [0.717, 1.165) is 6.42 Å². The Hall–Kier alpha value is -0.240. The van der Waals surface area contributed by atoms with Crippen LogP contribution in [0.3, 0.4) is 0 Å².